The van der Waals surface area contributed by atoms with Crippen molar-refractivity contribution in [2.45, 2.75) is 39.8 Å². The minimum absolute atomic E-state index is 0.0157. The zero-order chi connectivity index (χ0) is 28.3. The van der Waals surface area contributed by atoms with Crippen molar-refractivity contribution in [3.8, 4) is 23.8 Å². The number of aromatic nitrogens is 1. The molecule has 0 spiro atoms. The Hall–Kier alpha value is -3.51. The predicted octanol–water partition coefficient (Wildman–Crippen LogP) is 4.90. The van der Waals surface area contributed by atoms with Crippen molar-refractivity contribution in [3.63, 3.8) is 0 Å². The number of carbonyl (C=O) groups excluding carboxylic acids is 1. The smallest absolute Gasteiger partial charge is 0.338 e. The van der Waals surface area contributed by atoms with Crippen LogP contribution in [0.3, 0.4) is 0 Å². The molecule has 0 fully saturated rings. The number of allylic oxidation sites excluding steroid dienone is 1. The van der Waals surface area contributed by atoms with Crippen molar-refractivity contribution in [3.05, 3.63) is 88.5 Å². The van der Waals surface area contributed by atoms with E-state index in [2.05, 4.69) is 10.9 Å². The lowest BCUT2D eigenvalue weighted by Crippen LogP contribution is -2.40. The molecule has 7 nitrogen and oxygen atoms in total. The van der Waals surface area contributed by atoms with Crippen LogP contribution in [0.15, 0.2) is 57.5 Å². The van der Waals surface area contributed by atoms with Crippen LogP contribution in [0.4, 0.5) is 0 Å². The van der Waals surface area contributed by atoms with Crippen molar-refractivity contribution >= 4 is 46.6 Å². The van der Waals surface area contributed by atoms with Gasteiger partial charge in [-0.15, -0.1) is 6.42 Å². The van der Waals surface area contributed by atoms with Crippen LogP contribution in [0.1, 0.15) is 44.9 Å². The van der Waals surface area contributed by atoms with Crippen LogP contribution in [-0.2, 0) is 9.53 Å². The van der Waals surface area contributed by atoms with Crippen LogP contribution in [0.2, 0.25) is 10.0 Å². The fourth-order valence-corrected chi connectivity index (χ4v) is 5.85. The highest BCUT2D eigenvalue weighted by molar-refractivity contribution is 7.07. The number of hydrogen-bond donors (Lipinski definition) is 0. The van der Waals surface area contributed by atoms with E-state index in [0.717, 1.165) is 0 Å². The van der Waals surface area contributed by atoms with E-state index in [-0.39, 0.29) is 35.5 Å². The highest BCUT2D eigenvalue weighted by Gasteiger charge is 2.35. The van der Waals surface area contributed by atoms with Gasteiger partial charge in [0.2, 0.25) is 0 Å². The van der Waals surface area contributed by atoms with Gasteiger partial charge in [0.05, 0.1) is 33.5 Å². The molecule has 202 valence electrons. The Morgan fingerprint density at radius 3 is 2.72 bits per heavy atom. The van der Waals surface area contributed by atoms with Gasteiger partial charge in [-0.25, -0.2) is 9.79 Å². The van der Waals surface area contributed by atoms with Crippen molar-refractivity contribution < 1.29 is 19.0 Å². The molecule has 0 saturated carbocycles. The van der Waals surface area contributed by atoms with Gasteiger partial charge >= 0.3 is 5.97 Å². The molecular formula is C29H26Cl2N2O5S. The van der Waals surface area contributed by atoms with Crippen LogP contribution in [0, 0.1) is 12.3 Å². The molecule has 0 amide bonds. The van der Waals surface area contributed by atoms with Gasteiger partial charge in [-0.3, -0.25) is 9.36 Å². The zero-order valence-corrected chi connectivity index (χ0v) is 24.1. The molecule has 0 bridgehead atoms. The maximum Gasteiger partial charge on any atom is 0.338 e. The molecule has 0 aliphatic carbocycles. The summed E-state index contributed by atoms with van der Waals surface area (Å²) in [6.45, 7) is 7.43. The van der Waals surface area contributed by atoms with Crippen molar-refractivity contribution in [1.29, 1.82) is 0 Å². The quantitative estimate of drug-likeness (QED) is 0.278. The maximum absolute atomic E-state index is 14.0. The van der Waals surface area contributed by atoms with Crippen LogP contribution < -0.4 is 24.4 Å². The van der Waals surface area contributed by atoms with Crippen LogP contribution >= 0.6 is 34.5 Å². The molecule has 4 rings (SSSR count). The first kappa shape index (κ1) is 28.5. The summed E-state index contributed by atoms with van der Waals surface area (Å²) in [4.78, 5) is 32.2. The summed E-state index contributed by atoms with van der Waals surface area (Å²) in [5.74, 6) is 2.71. The molecule has 2 aromatic carbocycles. The highest BCUT2D eigenvalue weighted by atomic mass is 35.5. The van der Waals surface area contributed by atoms with Crippen molar-refractivity contribution in [2.24, 2.45) is 4.99 Å². The molecule has 2 heterocycles. The molecule has 3 aromatic rings. The van der Waals surface area contributed by atoms with Gasteiger partial charge in [-0.1, -0.05) is 58.7 Å². The third kappa shape index (κ3) is 5.91. The van der Waals surface area contributed by atoms with E-state index in [1.54, 1.807) is 26.0 Å². The number of halogens is 2. The van der Waals surface area contributed by atoms with Crippen LogP contribution in [0.25, 0.3) is 6.08 Å². The highest BCUT2D eigenvalue weighted by Crippen LogP contribution is 2.36. The molecular weight excluding hydrogens is 559 g/mol. The molecule has 39 heavy (non-hydrogen) atoms. The number of thiazole rings is 1. The number of rotatable bonds is 8. The molecule has 1 aliphatic heterocycles. The van der Waals surface area contributed by atoms with Gasteiger partial charge in [0, 0.05) is 16.1 Å². The first-order chi connectivity index (χ1) is 18.7. The second-order valence-corrected chi connectivity index (χ2v) is 10.7. The molecule has 0 saturated heterocycles. The zero-order valence-electron chi connectivity index (χ0n) is 21.8. The summed E-state index contributed by atoms with van der Waals surface area (Å²) < 4.78 is 18.9. The number of para-hydroxylation sites is 1. The Kier molecular flexibility index (Phi) is 8.86. The molecule has 1 aromatic heterocycles. The number of ether oxygens (including phenoxy) is 3. The largest absolute Gasteiger partial charge is 0.491 e. The monoisotopic (exact) mass is 584 g/mol. The van der Waals surface area contributed by atoms with Crippen LogP contribution in [-0.4, -0.2) is 29.9 Å². The van der Waals surface area contributed by atoms with Gasteiger partial charge in [0.1, 0.15) is 24.1 Å². The second-order valence-electron chi connectivity index (χ2n) is 8.81. The lowest BCUT2D eigenvalue weighted by Gasteiger charge is -2.26. The Bertz CT molecular complexity index is 1680. The number of hydrogen-bond acceptors (Lipinski definition) is 7. The number of terminal acetylenes is 1. The topological polar surface area (TPSA) is 79.1 Å². The lowest BCUT2D eigenvalue weighted by molar-refractivity contribution is -0.139. The Morgan fingerprint density at radius 2 is 2.03 bits per heavy atom. The average molecular weight is 586 g/mol. The van der Waals surface area contributed by atoms with Gasteiger partial charge in [-0.05, 0) is 52.0 Å². The summed E-state index contributed by atoms with van der Waals surface area (Å²) in [5, 5.41) is 0.625. The van der Waals surface area contributed by atoms with E-state index >= 15 is 0 Å². The van der Waals surface area contributed by atoms with Gasteiger partial charge in [-0.2, -0.15) is 0 Å². The molecule has 1 aliphatic rings. The van der Waals surface area contributed by atoms with Gasteiger partial charge in [0.15, 0.2) is 4.80 Å². The summed E-state index contributed by atoms with van der Waals surface area (Å²) in [6.07, 6.45) is 6.86. The number of benzene rings is 2. The fourth-order valence-electron chi connectivity index (χ4n) is 4.25. The normalized spacial score (nSPS) is 15.0. The Balaban J connectivity index is 2.00. The third-order valence-electron chi connectivity index (χ3n) is 5.72. The standard InChI is InChI=1S/C29H26Cl2N2O5S/c1-6-12-37-26-18(13-19(30)15-21(26)31)14-23-27(34)33-25(20-10-8-9-11-22(20)38-16(3)4)24(28(35)36-7-2)17(5)32-29(33)39-23/h1,8-11,13-16,25H,7,12H2,2-5H3/b23-14-/t25-/m0/s1. The summed E-state index contributed by atoms with van der Waals surface area (Å²) >= 11 is 13.8. The minimum Gasteiger partial charge on any atom is -0.491 e. The molecule has 10 heteroatoms. The van der Waals surface area contributed by atoms with Crippen LogP contribution in [0.5, 0.6) is 11.5 Å². The molecule has 0 radical (unpaired) electrons. The van der Waals surface area contributed by atoms with Crippen molar-refractivity contribution in [1.82, 2.24) is 4.57 Å². The minimum atomic E-state index is -0.822. The Morgan fingerprint density at radius 1 is 1.28 bits per heavy atom. The SMILES string of the molecule is C#CCOc1c(Cl)cc(Cl)cc1/C=c1\sc2n(c1=O)[C@@H](c1ccccc1OC(C)C)C(C(=O)OCC)=C(C)N=2. The fraction of sp³-hybridized carbons (Fsp3) is 0.276. The van der Waals surface area contributed by atoms with E-state index in [0.29, 0.717) is 42.7 Å². The molecule has 1 atom stereocenters. The second kappa shape index (κ2) is 12.1. The Labute approximate surface area is 240 Å². The first-order valence-electron chi connectivity index (χ1n) is 12.2. The summed E-state index contributed by atoms with van der Waals surface area (Å²) in [7, 11) is 0. The molecule has 0 N–H and O–H groups in total. The van der Waals surface area contributed by atoms with E-state index in [1.165, 1.54) is 22.0 Å². The van der Waals surface area contributed by atoms with E-state index in [9.17, 15) is 9.59 Å². The molecule has 0 unspecified atom stereocenters. The summed E-state index contributed by atoms with van der Waals surface area (Å²) in [5.41, 5.74) is 1.47. The third-order valence-corrected chi connectivity index (χ3v) is 7.20. The average Bonchev–Trinajstić information content (AvgIpc) is 3.17. The maximum atomic E-state index is 14.0. The lowest BCUT2D eigenvalue weighted by atomic mass is 9.95. The van der Waals surface area contributed by atoms with E-state index in [1.807, 2.05) is 38.1 Å². The van der Waals surface area contributed by atoms with Gasteiger partial charge < -0.3 is 14.2 Å². The van der Waals surface area contributed by atoms with Gasteiger partial charge in [0.25, 0.3) is 5.56 Å². The number of nitrogens with zero attached hydrogens (tertiary/aromatic N) is 2. The first-order valence-corrected chi connectivity index (χ1v) is 13.7. The number of fused-ring (bicyclic) bond motifs is 1. The number of carbonyl (C=O) groups is 1. The van der Waals surface area contributed by atoms with E-state index < -0.39 is 12.0 Å². The predicted molar refractivity (Wildman–Crippen MR) is 153 cm³/mol. The van der Waals surface area contributed by atoms with E-state index in [4.69, 9.17) is 43.8 Å². The number of esters is 1. The summed E-state index contributed by atoms with van der Waals surface area (Å²) in [6, 6.07) is 9.67. The van der Waals surface area contributed by atoms with Crippen molar-refractivity contribution in [2.75, 3.05) is 13.2 Å².